The van der Waals surface area contributed by atoms with E-state index >= 15 is 0 Å². The SMILES string of the molecule is C[C@@H]1O[C@@H](O[C@@H]2C[C@]3(C)C4(C=CC5[C@@]6(C)CC[C@H](O)C(C)(CO)C6CC[C@]53C)OCC23CCC(C)(C)CC34)[C@@H](O)[C@H](O[C@@H]2O[C@H](CO)[C@@H](O)[C@H](O)[C@H]2O)[C@@H]1O. The van der Waals surface area contributed by atoms with Crippen LogP contribution in [-0.4, -0.2) is 140 Å². The molecule has 314 valence electrons. The van der Waals surface area contributed by atoms with Gasteiger partial charge < -0.3 is 64.5 Å². The second-order valence-corrected chi connectivity index (χ2v) is 21.0. The van der Waals surface area contributed by atoms with Gasteiger partial charge in [-0.3, -0.25) is 0 Å². The highest BCUT2D eigenvalue weighted by molar-refractivity contribution is 5.36. The molecule has 55 heavy (non-hydrogen) atoms. The summed E-state index contributed by atoms with van der Waals surface area (Å²) in [5, 5.41) is 86.4. The van der Waals surface area contributed by atoms with Crippen LogP contribution < -0.4 is 0 Å². The van der Waals surface area contributed by atoms with Gasteiger partial charge in [-0.1, -0.05) is 53.7 Å². The topological polar surface area (TPSA) is 208 Å². The maximum absolute atomic E-state index is 11.9. The number of hydrogen-bond acceptors (Lipinski definition) is 13. The fourth-order valence-corrected chi connectivity index (χ4v) is 14.2. The molecular formula is C42H68O13. The van der Waals surface area contributed by atoms with Gasteiger partial charge in [-0.25, -0.2) is 0 Å². The van der Waals surface area contributed by atoms with Crippen molar-refractivity contribution >= 4 is 0 Å². The Morgan fingerprint density at radius 2 is 1.44 bits per heavy atom. The molecule has 0 aromatic carbocycles. The Balaban J connectivity index is 1.14. The predicted molar refractivity (Wildman–Crippen MR) is 197 cm³/mol. The van der Waals surface area contributed by atoms with Crippen LogP contribution in [0.25, 0.3) is 0 Å². The molecule has 1 spiro atoms. The van der Waals surface area contributed by atoms with E-state index in [1.54, 1.807) is 6.92 Å². The third-order valence-electron chi connectivity index (χ3n) is 17.9. The minimum absolute atomic E-state index is 0.0561. The lowest BCUT2D eigenvalue weighted by Gasteiger charge is -2.73. The van der Waals surface area contributed by atoms with Gasteiger partial charge in [0.25, 0.3) is 0 Å². The summed E-state index contributed by atoms with van der Waals surface area (Å²) in [5.41, 5.74) is -2.26. The third kappa shape index (κ3) is 5.44. The van der Waals surface area contributed by atoms with Gasteiger partial charge in [0.2, 0.25) is 0 Å². The van der Waals surface area contributed by atoms with Crippen LogP contribution in [0.4, 0.5) is 0 Å². The van der Waals surface area contributed by atoms with Crippen LogP contribution in [0.15, 0.2) is 12.2 Å². The predicted octanol–water partition coefficient (Wildman–Crippen LogP) is 1.78. The Morgan fingerprint density at radius 1 is 0.727 bits per heavy atom. The van der Waals surface area contributed by atoms with Crippen LogP contribution >= 0.6 is 0 Å². The van der Waals surface area contributed by atoms with Crippen molar-refractivity contribution < 1.29 is 64.5 Å². The monoisotopic (exact) mass is 780 g/mol. The first-order valence-corrected chi connectivity index (χ1v) is 20.9. The van der Waals surface area contributed by atoms with Crippen molar-refractivity contribution in [3.8, 4) is 0 Å². The van der Waals surface area contributed by atoms with Crippen LogP contribution in [0.3, 0.4) is 0 Å². The first-order valence-electron chi connectivity index (χ1n) is 20.9. The van der Waals surface area contributed by atoms with Crippen LogP contribution in [0.2, 0.25) is 0 Å². The number of aliphatic hydroxyl groups excluding tert-OH is 8. The average Bonchev–Trinajstić information content (AvgIpc) is 3.41. The molecule has 3 saturated heterocycles. The summed E-state index contributed by atoms with van der Waals surface area (Å²) in [6, 6.07) is 0. The van der Waals surface area contributed by atoms with Crippen molar-refractivity contribution in [1.29, 1.82) is 0 Å². The number of fused-ring (bicyclic) bond motifs is 4. The van der Waals surface area contributed by atoms with Crippen LogP contribution in [0.5, 0.6) is 0 Å². The highest BCUT2D eigenvalue weighted by Crippen LogP contribution is 2.79. The molecule has 7 fully saturated rings. The molecule has 4 saturated carbocycles. The molecule has 21 atom stereocenters. The van der Waals surface area contributed by atoms with Crippen molar-refractivity contribution in [2.45, 2.75) is 179 Å². The first-order chi connectivity index (χ1) is 25.7. The molecule has 13 nitrogen and oxygen atoms in total. The summed E-state index contributed by atoms with van der Waals surface area (Å²) in [6.45, 7) is 15.4. The van der Waals surface area contributed by atoms with Gasteiger partial charge in [0, 0.05) is 22.2 Å². The quantitative estimate of drug-likeness (QED) is 0.181. The fraction of sp³-hybridized carbons (Fsp3) is 0.952. The molecular weight excluding hydrogens is 712 g/mol. The van der Waals surface area contributed by atoms with E-state index in [1.807, 2.05) is 0 Å². The second-order valence-electron chi connectivity index (χ2n) is 21.0. The molecule has 0 amide bonds. The van der Waals surface area contributed by atoms with E-state index in [2.05, 4.69) is 53.7 Å². The zero-order valence-electron chi connectivity index (χ0n) is 33.7. The molecule has 13 heteroatoms. The smallest absolute Gasteiger partial charge is 0.187 e. The van der Waals surface area contributed by atoms with E-state index in [0.29, 0.717) is 19.4 Å². The van der Waals surface area contributed by atoms with Crippen molar-refractivity contribution in [2.75, 3.05) is 19.8 Å². The van der Waals surface area contributed by atoms with Crippen molar-refractivity contribution in [2.24, 2.45) is 50.2 Å². The zero-order chi connectivity index (χ0) is 39.9. The van der Waals surface area contributed by atoms with Gasteiger partial charge in [-0.2, -0.15) is 0 Å². The lowest BCUT2D eigenvalue weighted by atomic mass is 9.32. The molecule has 0 radical (unpaired) electrons. The molecule has 2 bridgehead atoms. The molecule has 0 aromatic heterocycles. The number of aliphatic hydroxyl groups is 8. The summed E-state index contributed by atoms with van der Waals surface area (Å²) < 4.78 is 32.3. The van der Waals surface area contributed by atoms with E-state index < -0.39 is 96.7 Å². The van der Waals surface area contributed by atoms with Gasteiger partial charge in [0.15, 0.2) is 12.6 Å². The van der Waals surface area contributed by atoms with E-state index in [4.69, 9.17) is 23.7 Å². The van der Waals surface area contributed by atoms with E-state index in [0.717, 1.165) is 38.5 Å². The van der Waals surface area contributed by atoms with Crippen LogP contribution in [0, 0.1) is 50.2 Å². The molecule has 3 aliphatic heterocycles. The standard InChI is InChI=1S/C42H68O13/c1-21-28(46)33(55-34-31(49)30(48)29(47)22(18-43)53-34)32(50)35(52-21)54-27-17-40(7)39(6)12-8-23-37(4,11-10-26(45)38(23,5)19-44)24(39)9-13-42(40)25-16-36(2,3)14-15-41(25,27)20-51-42/h9,13,21-35,43-50H,8,10-12,14-20H2,1-7H3/t21-,22+,23?,24?,25?,26-,27+,28+,29+,30-,31+,32-,33+,34-,35-,37-,38?,39+,40-,41?,42?/m0/s1. The molecule has 5 aliphatic carbocycles. The van der Waals surface area contributed by atoms with Gasteiger partial charge in [0.05, 0.1) is 43.7 Å². The Morgan fingerprint density at radius 3 is 2.13 bits per heavy atom. The number of allylic oxidation sites excluding steroid dienone is 1. The number of hydrogen-bond donors (Lipinski definition) is 8. The minimum atomic E-state index is -1.71. The van der Waals surface area contributed by atoms with Gasteiger partial charge >= 0.3 is 0 Å². The minimum Gasteiger partial charge on any atom is -0.396 e. The Labute approximate surface area is 325 Å². The Bertz CT molecular complexity index is 1490. The first kappa shape index (κ1) is 41.0. The van der Waals surface area contributed by atoms with Crippen LogP contribution in [0.1, 0.15) is 99.8 Å². The molecule has 0 aromatic rings. The van der Waals surface area contributed by atoms with Gasteiger partial charge in [0.1, 0.15) is 42.7 Å². The highest BCUT2D eigenvalue weighted by atomic mass is 16.7. The molecule has 8 aliphatic rings. The maximum atomic E-state index is 11.9. The normalized spacial score (nSPS) is 59.7. The number of ether oxygens (including phenoxy) is 5. The maximum Gasteiger partial charge on any atom is 0.187 e. The summed E-state index contributed by atoms with van der Waals surface area (Å²) in [5.74, 6) is 0.416. The van der Waals surface area contributed by atoms with Crippen molar-refractivity contribution in [1.82, 2.24) is 0 Å². The van der Waals surface area contributed by atoms with Crippen LogP contribution in [-0.2, 0) is 23.7 Å². The Kier molecular flexibility index (Phi) is 9.95. The van der Waals surface area contributed by atoms with E-state index in [1.165, 1.54) is 0 Å². The lowest BCUT2D eigenvalue weighted by Crippen LogP contribution is -2.73. The largest absolute Gasteiger partial charge is 0.396 e. The van der Waals surface area contributed by atoms with E-state index in [9.17, 15) is 40.9 Å². The molecule has 8 rings (SSSR count). The summed E-state index contributed by atoms with van der Waals surface area (Å²) in [6.07, 6.45) is -3.44. The number of rotatable bonds is 6. The highest BCUT2D eigenvalue weighted by Gasteiger charge is 2.79. The molecule has 3 heterocycles. The zero-order valence-corrected chi connectivity index (χ0v) is 33.7. The fourth-order valence-electron chi connectivity index (χ4n) is 14.2. The third-order valence-corrected chi connectivity index (χ3v) is 17.9. The lowest BCUT2D eigenvalue weighted by molar-refractivity contribution is -0.368. The van der Waals surface area contributed by atoms with E-state index in [-0.39, 0.29) is 46.0 Å². The Hall–Kier alpha value is -0.780. The molecule has 8 N–H and O–H groups in total. The van der Waals surface area contributed by atoms with Gasteiger partial charge in [-0.15, -0.1) is 0 Å². The summed E-state index contributed by atoms with van der Waals surface area (Å²) >= 11 is 0. The molecule has 6 unspecified atom stereocenters. The van der Waals surface area contributed by atoms with Crippen molar-refractivity contribution in [3.05, 3.63) is 12.2 Å². The average molecular weight is 781 g/mol. The van der Waals surface area contributed by atoms with Gasteiger partial charge in [-0.05, 0) is 86.4 Å². The summed E-state index contributed by atoms with van der Waals surface area (Å²) in [4.78, 5) is 0. The second kappa shape index (κ2) is 13.4. The van der Waals surface area contributed by atoms with Crippen molar-refractivity contribution in [3.63, 3.8) is 0 Å². The summed E-state index contributed by atoms with van der Waals surface area (Å²) in [7, 11) is 0.